The number of hydrogen-bond acceptors (Lipinski definition) is 3. The third kappa shape index (κ3) is 2.96. The SMILES string of the molecule is OCC1CCCN(Cc2cc(Br)cc3c2OCC3)C1. The highest BCUT2D eigenvalue weighted by Crippen LogP contribution is 2.34. The maximum absolute atomic E-state index is 9.32. The molecule has 1 saturated heterocycles. The fourth-order valence-corrected chi connectivity index (χ4v) is 3.70. The van der Waals surface area contributed by atoms with Gasteiger partial charge in [0.25, 0.3) is 0 Å². The number of piperidine rings is 1. The molecule has 1 unspecified atom stereocenters. The second kappa shape index (κ2) is 5.81. The molecule has 3 rings (SSSR count). The lowest BCUT2D eigenvalue weighted by molar-refractivity contribution is 0.115. The Hall–Kier alpha value is -0.580. The predicted octanol–water partition coefficient (Wildman–Crippen LogP) is 2.59. The van der Waals surface area contributed by atoms with Gasteiger partial charge in [-0.2, -0.15) is 0 Å². The number of aliphatic hydroxyl groups is 1. The van der Waals surface area contributed by atoms with Crippen LogP contribution < -0.4 is 4.74 Å². The van der Waals surface area contributed by atoms with Gasteiger partial charge in [0.15, 0.2) is 0 Å². The Bertz CT molecular complexity index is 464. The largest absolute Gasteiger partial charge is 0.493 e. The van der Waals surface area contributed by atoms with Crippen molar-refractivity contribution in [1.29, 1.82) is 0 Å². The second-order valence-corrected chi connectivity index (χ2v) is 6.49. The van der Waals surface area contributed by atoms with E-state index in [1.165, 1.54) is 17.5 Å². The molecule has 0 bridgehead atoms. The Morgan fingerprint density at radius 3 is 3.16 bits per heavy atom. The summed E-state index contributed by atoms with van der Waals surface area (Å²) >= 11 is 3.59. The Morgan fingerprint density at radius 2 is 2.32 bits per heavy atom. The summed E-state index contributed by atoms with van der Waals surface area (Å²) in [5, 5.41) is 9.32. The molecule has 0 aromatic heterocycles. The van der Waals surface area contributed by atoms with E-state index in [1.807, 2.05) is 0 Å². The summed E-state index contributed by atoms with van der Waals surface area (Å²) in [7, 11) is 0. The zero-order valence-electron chi connectivity index (χ0n) is 11.1. The number of nitrogens with zero attached hydrogens (tertiary/aromatic N) is 1. The van der Waals surface area contributed by atoms with Crippen molar-refractivity contribution in [3.05, 3.63) is 27.7 Å². The third-order valence-electron chi connectivity index (χ3n) is 4.08. The molecule has 2 aliphatic heterocycles. The van der Waals surface area contributed by atoms with Crippen molar-refractivity contribution in [2.45, 2.75) is 25.8 Å². The number of rotatable bonds is 3. The zero-order chi connectivity index (χ0) is 13.2. The van der Waals surface area contributed by atoms with Crippen LogP contribution in [0.2, 0.25) is 0 Å². The molecule has 3 nitrogen and oxygen atoms in total. The number of likely N-dealkylation sites (tertiary alicyclic amines) is 1. The van der Waals surface area contributed by atoms with Crippen molar-refractivity contribution in [1.82, 2.24) is 4.90 Å². The molecule has 0 spiro atoms. The molecule has 1 fully saturated rings. The second-order valence-electron chi connectivity index (χ2n) is 5.58. The molecule has 0 radical (unpaired) electrons. The molecule has 104 valence electrons. The third-order valence-corrected chi connectivity index (χ3v) is 4.54. The summed E-state index contributed by atoms with van der Waals surface area (Å²) < 4.78 is 6.92. The lowest BCUT2D eigenvalue weighted by atomic mass is 9.98. The van der Waals surface area contributed by atoms with E-state index in [1.54, 1.807) is 0 Å². The normalized spacial score (nSPS) is 23.2. The first kappa shape index (κ1) is 13.4. The van der Waals surface area contributed by atoms with Crippen molar-refractivity contribution in [2.75, 3.05) is 26.3 Å². The number of fused-ring (bicyclic) bond motifs is 1. The maximum atomic E-state index is 9.32. The van der Waals surface area contributed by atoms with E-state index in [9.17, 15) is 5.11 Å². The van der Waals surface area contributed by atoms with Crippen molar-refractivity contribution < 1.29 is 9.84 Å². The molecule has 0 amide bonds. The topological polar surface area (TPSA) is 32.7 Å². The van der Waals surface area contributed by atoms with Gasteiger partial charge in [0.1, 0.15) is 5.75 Å². The van der Waals surface area contributed by atoms with Crippen molar-refractivity contribution in [2.24, 2.45) is 5.92 Å². The molecule has 1 atom stereocenters. The van der Waals surface area contributed by atoms with Gasteiger partial charge in [0.05, 0.1) is 6.61 Å². The van der Waals surface area contributed by atoms with Crippen LogP contribution in [0.4, 0.5) is 0 Å². The molecule has 4 heteroatoms. The first-order chi connectivity index (χ1) is 9.26. The van der Waals surface area contributed by atoms with Gasteiger partial charge in [-0.3, -0.25) is 4.90 Å². The van der Waals surface area contributed by atoms with Crippen LogP contribution in [0.15, 0.2) is 16.6 Å². The van der Waals surface area contributed by atoms with Crippen LogP contribution in [0, 0.1) is 5.92 Å². The fraction of sp³-hybridized carbons (Fsp3) is 0.600. The average molecular weight is 326 g/mol. The molecular weight excluding hydrogens is 306 g/mol. The van der Waals surface area contributed by atoms with Gasteiger partial charge in [0, 0.05) is 36.2 Å². The molecule has 1 aromatic rings. The van der Waals surface area contributed by atoms with Gasteiger partial charge in [-0.1, -0.05) is 15.9 Å². The van der Waals surface area contributed by atoms with E-state index in [4.69, 9.17) is 4.74 Å². The number of benzene rings is 1. The Labute approximate surface area is 122 Å². The minimum Gasteiger partial charge on any atom is -0.493 e. The van der Waals surface area contributed by atoms with Crippen LogP contribution in [0.1, 0.15) is 24.0 Å². The summed E-state index contributed by atoms with van der Waals surface area (Å²) in [5.74, 6) is 1.53. The number of aliphatic hydroxyl groups excluding tert-OH is 1. The molecule has 2 heterocycles. The lowest BCUT2D eigenvalue weighted by Crippen LogP contribution is -2.36. The molecular formula is C15H20BrNO2. The molecule has 19 heavy (non-hydrogen) atoms. The highest BCUT2D eigenvalue weighted by atomic mass is 79.9. The summed E-state index contributed by atoms with van der Waals surface area (Å²) in [6.45, 7) is 4.16. The zero-order valence-corrected chi connectivity index (χ0v) is 12.7. The van der Waals surface area contributed by atoms with E-state index in [-0.39, 0.29) is 0 Å². The Kier molecular flexibility index (Phi) is 4.10. The van der Waals surface area contributed by atoms with Gasteiger partial charge in [-0.15, -0.1) is 0 Å². The highest BCUT2D eigenvalue weighted by molar-refractivity contribution is 9.10. The standard InChI is InChI=1S/C15H20BrNO2/c16-14-6-12-3-5-19-15(12)13(7-14)9-17-4-1-2-11(8-17)10-18/h6-7,11,18H,1-5,8-10H2. The van der Waals surface area contributed by atoms with E-state index in [2.05, 4.69) is 33.0 Å². The number of ether oxygens (including phenoxy) is 1. The predicted molar refractivity (Wildman–Crippen MR) is 78.4 cm³/mol. The van der Waals surface area contributed by atoms with E-state index in [0.717, 1.165) is 49.3 Å². The Morgan fingerprint density at radius 1 is 1.42 bits per heavy atom. The molecule has 0 aliphatic carbocycles. The summed E-state index contributed by atoms with van der Waals surface area (Å²) in [5.41, 5.74) is 2.60. The Balaban J connectivity index is 1.76. The van der Waals surface area contributed by atoms with Crippen molar-refractivity contribution in [3.63, 3.8) is 0 Å². The summed E-state index contributed by atoms with van der Waals surface area (Å²) in [6.07, 6.45) is 3.35. The van der Waals surface area contributed by atoms with Crippen LogP contribution in [-0.4, -0.2) is 36.3 Å². The maximum Gasteiger partial charge on any atom is 0.127 e. The van der Waals surface area contributed by atoms with Crippen LogP contribution in [0.25, 0.3) is 0 Å². The van der Waals surface area contributed by atoms with Crippen LogP contribution in [0.5, 0.6) is 5.75 Å². The first-order valence-corrected chi connectivity index (χ1v) is 7.83. The monoisotopic (exact) mass is 325 g/mol. The first-order valence-electron chi connectivity index (χ1n) is 7.03. The van der Waals surface area contributed by atoms with E-state index < -0.39 is 0 Å². The van der Waals surface area contributed by atoms with Crippen LogP contribution in [0.3, 0.4) is 0 Å². The molecule has 2 aliphatic rings. The van der Waals surface area contributed by atoms with Crippen molar-refractivity contribution in [3.8, 4) is 5.75 Å². The van der Waals surface area contributed by atoms with Gasteiger partial charge in [-0.05, 0) is 43.0 Å². The molecule has 0 saturated carbocycles. The average Bonchev–Trinajstić information content (AvgIpc) is 2.87. The van der Waals surface area contributed by atoms with Crippen LogP contribution >= 0.6 is 15.9 Å². The fourth-order valence-electron chi connectivity index (χ4n) is 3.15. The summed E-state index contributed by atoms with van der Waals surface area (Å²) in [6, 6.07) is 4.34. The molecule has 1 N–H and O–H groups in total. The van der Waals surface area contributed by atoms with Crippen LogP contribution in [-0.2, 0) is 13.0 Å². The van der Waals surface area contributed by atoms with Gasteiger partial charge in [-0.25, -0.2) is 0 Å². The van der Waals surface area contributed by atoms with Gasteiger partial charge >= 0.3 is 0 Å². The van der Waals surface area contributed by atoms with E-state index >= 15 is 0 Å². The number of hydrogen-bond donors (Lipinski definition) is 1. The number of halogens is 1. The van der Waals surface area contributed by atoms with Crippen molar-refractivity contribution >= 4 is 15.9 Å². The minimum atomic E-state index is 0.309. The summed E-state index contributed by atoms with van der Waals surface area (Å²) in [4.78, 5) is 2.44. The highest BCUT2D eigenvalue weighted by Gasteiger charge is 2.23. The quantitative estimate of drug-likeness (QED) is 0.927. The minimum absolute atomic E-state index is 0.309. The lowest BCUT2D eigenvalue weighted by Gasteiger charge is -2.32. The molecule has 1 aromatic carbocycles. The smallest absolute Gasteiger partial charge is 0.127 e. The van der Waals surface area contributed by atoms with E-state index in [0.29, 0.717) is 12.5 Å². The van der Waals surface area contributed by atoms with Gasteiger partial charge < -0.3 is 9.84 Å². The van der Waals surface area contributed by atoms with Gasteiger partial charge in [0.2, 0.25) is 0 Å².